The number of nitrogens with zero attached hydrogens (tertiary/aromatic N) is 4. The first-order valence-electron chi connectivity index (χ1n) is 24.4. The highest BCUT2D eigenvalue weighted by Crippen LogP contribution is 2.46. The van der Waals surface area contributed by atoms with Gasteiger partial charge in [-0.1, -0.05) is 153 Å². The molecule has 3 heterocycles. The van der Waals surface area contributed by atoms with Gasteiger partial charge in [0.2, 0.25) is 11.4 Å². The maximum absolute atomic E-state index is 9.07. The molecule has 0 radical (unpaired) electrons. The Balaban J connectivity index is 1.14. The van der Waals surface area contributed by atoms with Crippen LogP contribution in [0.3, 0.4) is 0 Å². The summed E-state index contributed by atoms with van der Waals surface area (Å²) in [7, 11) is 0. The molecular formula is C60H56N4O+2. The van der Waals surface area contributed by atoms with Gasteiger partial charge in [-0.3, -0.25) is 4.57 Å². The fraction of sp³-hybridized carbons (Fsp3) is 0.200. The van der Waals surface area contributed by atoms with Gasteiger partial charge >= 0.3 is 6.01 Å². The van der Waals surface area contributed by atoms with Crippen LogP contribution in [-0.2, 0) is 16.2 Å². The fourth-order valence-electron chi connectivity index (χ4n) is 8.76. The van der Waals surface area contributed by atoms with Crippen LogP contribution in [0.2, 0.25) is 0 Å². The second kappa shape index (κ2) is 15.7. The molecule has 7 aromatic carbocycles. The third kappa shape index (κ3) is 7.77. The van der Waals surface area contributed by atoms with Gasteiger partial charge in [-0.15, -0.1) is 0 Å². The van der Waals surface area contributed by atoms with Crippen molar-refractivity contribution in [2.75, 3.05) is 0 Å². The summed E-state index contributed by atoms with van der Waals surface area (Å²) in [6.45, 7) is 20.1. The number of para-hydroxylation sites is 4. The molecule has 0 unspecified atom stereocenters. The Morgan fingerprint density at radius 3 is 1.86 bits per heavy atom. The average Bonchev–Trinajstić information content (AvgIpc) is 3.88. The smallest absolute Gasteiger partial charge is 0.457 e. The van der Waals surface area contributed by atoms with Crippen molar-refractivity contribution >= 4 is 50.6 Å². The highest BCUT2D eigenvalue weighted by Gasteiger charge is 2.39. The van der Waals surface area contributed by atoms with Crippen molar-refractivity contribution in [2.24, 2.45) is 0 Å². The van der Waals surface area contributed by atoms with Gasteiger partial charge in [0.15, 0.2) is 0 Å². The first-order valence-corrected chi connectivity index (χ1v) is 22.4. The Hall–Kier alpha value is -7.33. The molecule has 65 heavy (non-hydrogen) atoms. The summed E-state index contributed by atoms with van der Waals surface area (Å²) in [5.74, 6) is 1.70. The second-order valence-electron chi connectivity index (χ2n) is 20.1. The molecule has 10 rings (SSSR count). The number of hydrogen-bond acceptors (Lipinski definition) is 2. The van der Waals surface area contributed by atoms with E-state index in [1.165, 1.54) is 11.1 Å². The van der Waals surface area contributed by atoms with Crippen LogP contribution < -0.4 is 13.9 Å². The summed E-state index contributed by atoms with van der Waals surface area (Å²) in [6, 6.07) is 53.3. The van der Waals surface area contributed by atoms with Crippen LogP contribution in [0.15, 0.2) is 176 Å². The maximum atomic E-state index is 9.07. The lowest BCUT2D eigenvalue weighted by Gasteiger charge is -2.26. The number of aromatic nitrogens is 2. The maximum Gasteiger partial charge on any atom is 0.503 e. The zero-order valence-electron chi connectivity index (χ0n) is 42.6. The Morgan fingerprint density at radius 2 is 1.15 bits per heavy atom. The van der Waals surface area contributed by atoms with Crippen LogP contribution in [0.25, 0.3) is 49.9 Å². The van der Waals surface area contributed by atoms with Crippen LogP contribution >= 0.6 is 0 Å². The van der Waals surface area contributed by atoms with Gasteiger partial charge in [0.05, 0.1) is 33.7 Å². The minimum Gasteiger partial charge on any atom is -0.457 e. The predicted molar refractivity (Wildman–Crippen MR) is 273 cm³/mol. The molecule has 1 aliphatic heterocycles. The quantitative estimate of drug-likeness (QED) is 0.150. The zero-order valence-corrected chi connectivity index (χ0v) is 38.6. The number of ether oxygens (including phenoxy) is 1. The largest absolute Gasteiger partial charge is 0.503 e. The standard InChI is InChI=1S/C60H56N4O/c1-58(2,3)42-31-32-61-56(36-42)64-52-26-14-13-23-50(52)51-30-29-47(38-55(51)64)65-46-22-17-21-45(37-46)62-39-63(54-28-16-15-27-53(54)62)57-48(40-19-11-10-12-20-40)24-18-25-49(57)41-33-43(59(4,5)6)35-44(34-41)60(7,8)9/h10-38H,1-9H3/q+2/i13D,14D,23D,26D. The second-order valence-corrected chi connectivity index (χ2v) is 20.1. The molecule has 1 aliphatic rings. The van der Waals surface area contributed by atoms with Gasteiger partial charge in [0.1, 0.15) is 17.3 Å². The Kier molecular flexibility index (Phi) is 8.97. The van der Waals surface area contributed by atoms with Crippen molar-refractivity contribution in [3.63, 3.8) is 0 Å². The van der Waals surface area contributed by atoms with E-state index in [0.29, 0.717) is 39.1 Å². The van der Waals surface area contributed by atoms with Crippen molar-refractivity contribution in [1.82, 2.24) is 18.7 Å². The molecule has 0 aliphatic carbocycles. The predicted octanol–water partition coefficient (Wildman–Crippen LogP) is 16.1. The van der Waals surface area contributed by atoms with E-state index in [2.05, 4.69) is 175 Å². The molecule has 0 N–H and O–H groups in total. The summed E-state index contributed by atoms with van der Waals surface area (Å²) >= 11 is 0. The summed E-state index contributed by atoms with van der Waals surface area (Å²) in [5, 5.41) is 1.11. The van der Waals surface area contributed by atoms with Crippen molar-refractivity contribution in [3.05, 3.63) is 193 Å². The summed E-state index contributed by atoms with van der Waals surface area (Å²) in [4.78, 5) is 4.76. The van der Waals surface area contributed by atoms with E-state index in [1.54, 1.807) is 6.20 Å². The van der Waals surface area contributed by atoms with Crippen molar-refractivity contribution < 1.29 is 10.2 Å². The monoisotopic (exact) mass is 852 g/mol. The lowest BCUT2D eigenvalue weighted by Crippen LogP contribution is -2.16. The number of fused-ring (bicyclic) bond motifs is 4. The molecule has 5 nitrogen and oxygen atoms in total. The van der Waals surface area contributed by atoms with E-state index in [4.69, 9.17) is 15.2 Å². The molecule has 0 bridgehead atoms. The van der Waals surface area contributed by atoms with Gasteiger partial charge < -0.3 is 4.74 Å². The van der Waals surface area contributed by atoms with E-state index < -0.39 is 0 Å². The third-order valence-electron chi connectivity index (χ3n) is 12.4. The highest BCUT2D eigenvalue weighted by atomic mass is 16.5. The molecule has 0 amide bonds. The minimum atomic E-state index is -0.295. The van der Waals surface area contributed by atoms with E-state index in [9.17, 15) is 0 Å². The summed E-state index contributed by atoms with van der Waals surface area (Å²) in [6.07, 6.45) is 1.76. The topological polar surface area (TPSA) is 33.1 Å². The van der Waals surface area contributed by atoms with Gasteiger partial charge in [-0.25, -0.2) is 4.98 Å². The SMILES string of the molecule is [2H]c1c([2H])c([2H])c2c(c1[2H])c1ccc(Oc3cccc([N+]4=C=[N+](c5c(-c6ccccc6)cccc5-c5cc(C(C)(C)C)cc(C(C)(C)C)c5)c5ccccc54)c3)cc1n2-c1cc(C(C)(C)C)ccn1. The van der Waals surface area contributed by atoms with E-state index in [1.807, 2.05) is 53.1 Å². The number of rotatable bonds is 7. The first-order chi connectivity index (χ1) is 32.8. The number of hydrogen-bond donors (Lipinski definition) is 0. The van der Waals surface area contributed by atoms with Crippen LogP contribution in [0, 0.1) is 0 Å². The third-order valence-corrected chi connectivity index (χ3v) is 12.4. The summed E-state index contributed by atoms with van der Waals surface area (Å²) in [5.41, 5.74) is 12.6. The molecule has 5 heteroatoms. The van der Waals surface area contributed by atoms with Crippen LogP contribution in [0.1, 0.15) is 84.5 Å². The van der Waals surface area contributed by atoms with Crippen molar-refractivity contribution in [1.29, 1.82) is 0 Å². The first kappa shape index (κ1) is 37.1. The average molecular weight is 853 g/mol. The molecule has 9 aromatic rings. The normalized spacial score (nSPS) is 13.8. The molecule has 2 aromatic heterocycles. The van der Waals surface area contributed by atoms with Crippen LogP contribution in [0.5, 0.6) is 11.5 Å². The van der Waals surface area contributed by atoms with E-state index in [-0.39, 0.29) is 40.4 Å². The Morgan fingerprint density at radius 1 is 0.523 bits per heavy atom. The molecule has 0 saturated heterocycles. The summed E-state index contributed by atoms with van der Waals surface area (Å²) < 4.78 is 48.1. The van der Waals surface area contributed by atoms with E-state index in [0.717, 1.165) is 50.6 Å². The Bertz CT molecular complexity index is 3590. The van der Waals surface area contributed by atoms with Gasteiger partial charge in [-0.05, 0) is 102 Å². The van der Waals surface area contributed by atoms with Gasteiger partial charge in [0, 0.05) is 41.2 Å². The lowest BCUT2D eigenvalue weighted by molar-refractivity contribution is 0.483. The minimum absolute atomic E-state index is 0.0650. The van der Waals surface area contributed by atoms with E-state index >= 15 is 0 Å². The van der Waals surface area contributed by atoms with Crippen LogP contribution in [0.4, 0.5) is 22.7 Å². The lowest BCUT2D eigenvalue weighted by atomic mass is 9.78. The fourth-order valence-corrected chi connectivity index (χ4v) is 8.76. The highest BCUT2D eigenvalue weighted by molar-refractivity contribution is 6.09. The molecule has 320 valence electrons. The molecule has 0 spiro atoms. The Labute approximate surface area is 388 Å². The molecule has 0 fully saturated rings. The molecular weight excluding hydrogens is 793 g/mol. The number of benzene rings is 7. The number of pyridine rings is 1. The van der Waals surface area contributed by atoms with Crippen LogP contribution in [-0.4, -0.2) is 15.6 Å². The van der Waals surface area contributed by atoms with Gasteiger partial charge in [-0.2, -0.15) is 0 Å². The zero-order chi connectivity index (χ0) is 48.7. The molecule has 0 saturated carbocycles. The van der Waals surface area contributed by atoms with Crippen molar-refractivity contribution in [3.8, 4) is 39.6 Å². The molecule has 0 atom stereocenters. The van der Waals surface area contributed by atoms with Crippen molar-refractivity contribution in [2.45, 2.75) is 78.6 Å². The van der Waals surface area contributed by atoms with Gasteiger partial charge in [0.25, 0.3) is 11.4 Å².